The van der Waals surface area contributed by atoms with Crippen LogP contribution in [0.5, 0.6) is 0 Å². The van der Waals surface area contributed by atoms with Gasteiger partial charge in [-0.1, -0.05) is 42.5 Å². The number of aromatic nitrogens is 2. The lowest BCUT2D eigenvalue weighted by molar-refractivity contribution is -0.118. The first-order valence-electron chi connectivity index (χ1n) is 12.0. The Balaban J connectivity index is 1.41. The number of hydrogen-bond donors (Lipinski definition) is 2. The molecule has 0 bridgehead atoms. The zero-order chi connectivity index (χ0) is 24.9. The highest BCUT2D eigenvalue weighted by Crippen LogP contribution is 2.25. The summed E-state index contributed by atoms with van der Waals surface area (Å²) >= 11 is 0. The molecule has 8 heteroatoms. The van der Waals surface area contributed by atoms with Gasteiger partial charge in [0, 0.05) is 38.3 Å². The molecular weight excluding hydrogens is 440 g/mol. The lowest BCUT2D eigenvalue weighted by atomic mass is 10.00. The fraction of sp³-hybridized carbons (Fsp3) is 0.370. The number of rotatable bonds is 7. The highest BCUT2D eigenvalue weighted by molar-refractivity contribution is 5.94. The van der Waals surface area contributed by atoms with Crippen LogP contribution < -0.4 is 10.6 Å². The van der Waals surface area contributed by atoms with Crippen molar-refractivity contribution >= 4 is 17.5 Å². The number of benzene rings is 2. The van der Waals surface area contributed by atoms with Crippen LogP contribution in [0.2, 0.25) is 0 Å². The summed E-state index contributed by atoms with van der Waals surface area (Å²) in [6.45, 7) is 7.25. The van der Waals surface area contributed by atoms with Gasteiger partial charge in [0.25, 0.3) is 5.91 Å². The number of anilines is 1. The third-order valence-corrected chi connectivity index (χ3v) is 6.68. The minimum atomic E-state index is -0.0971. The molecule has 0 radical (unpaired) electrons. The van der Waals surface area contributed by atoms with Crippen LogP contribution >= 0.6 is 0 Å². The molecular formula is C27H34N6O2. The van der Waals surface area contributed by atoms with Gasteiger partial charge < -0.3 is 10.6 Å². The van der Waals surface area contributed by atoms with Crippen LogP contribution in [0, 0.1) is 13.8 Å². The molecule has 2 aromatic carbocycles. The summed E-state index contributed by atoms with van der Waals surface area (Å²) in [5.74, 6) is -0.141. The second kappa shape index (κ2) is 10.8. The van der Waals surface area contributed by atoms with Crippen LogP contribution in [-0.2, 0) is 11.3 Å². The maximum Gasteiger partial charge on any atom is 0.251 e. The van der Waals surface area contributed by atoms with Crippen molar-refractivity contribution in [3.63, 3.8) is 0 Å². The highest BCUT2D eigenvalue weighted by Gasteiger charge is 2.27. The molecule has 0 spiro atoms. The Kier molecular flexibility index (Phi) is 7.63. The van der Waals surface area contributed by atoms with E-state index in [1.54, 1.807) is 7.05 Å². The second-order valence-corrected chi connectivity index (χ2v) is 9.17. The van der Waals surface area contributed by atoms with Crippen LogP contribution in [-0.4, -0.2) is 71.7 Å². The molecule has 0 unspecified atom stereocenters. The smallest absolute Gasteiger partial charge is 0.251 e. The minimum absolute atomic E-state index is 0.0436. The van der Waals surface area contributed by atoms with Crippen LogP contribution in [0.15, 0.2) is 54.6 Å². The van der Waals surface area contributed by atoms with Gasteiger partial charge >= 0.3 is 0 Å². The van der Waals surface area contributed by atoms with E-state index in [1.807, 2.05) is 61.0 Å². The van der Waals surface area contributed by atoms with E-state index < -0.39 is 0 Å². The number of nitrogens with zero attached hydrogens (tertiary/aromatic N) is 4. The van der Waals surface area contributed by atoms with E-state index >= 15 is 0 Å². The first-order valence-corrected chi connectivity index (χ1v) is 12.0. The van der Waals surface area contributed by atoms with Gasteiger partial charge in [0.2, 0.25) is 5.91 Å². The molecule has 1 atom stereocenters. The summed E-state index contributed by atoms with van der Waals surface area (Å²) in [6.07, 6.45) is 0. The Morgan fingerprint density at radius 1 is 1.06 bits per heavy atom. The van der Waals surface area contributed by atoms with E-state index in [0.29, 0.717) is 25.2 Å². The van der Waals surface area contributed by atoms with Crippen molar-refractivity contribution in [2.75, 3.05) is 45.6 Å². The maximum atomic E-state index is 13.0. The molecule has 1 aliphatic heterocycles. The van der Waals surface area contributed by atoms with E-state index in [9.17, 15) is 9.59 Å². The van der Waals surface area contributed by atoms with E-state index in [-0.39, 0.29) is 17.9 Å². The van der Waals surface area contributed by atoms with Gasteiger partial charge in [-0.2, -0.15) is 5.10 Å². The number of amides is 2. The molecule has 1 fully saturated rings. The number of nitrogens with one attached hydrogen (secondary N) is 2. The molecule has 0 aliphatic carbocycles. The van der Waals surface area contributed by atoms with Gasteiger partial charge in [-0.15, -0.1) is 0 Å². The molecule has 1 aromatic heterocycles. The average Bonchev–Trinajstić information content (AvgIpc) is 3.12. The lowest BCUT2D eigenvalue weighted by Gasteiger charge is -2.39. The number of carbonyl (C=O) groups is 2. The first kappa shape index (κ1) is 24.6. The summed E-state index contributed by atoms with van der Waals surface area (Å²) in [6, 6.07) is 18.0. The molecule has 2 N–H and O–H groups in total. The third kappa shape index (κ3) is 5.78. The lowest BCUT2D eigenvalue weighted by Crippen LogP contribution is -2.49. The molecule has 184 valence electrons. The van der Waals surface area contributed by atoms with E-state index in [0.717, 1.165) is 35.7 Å². The number of likely N-dealkylation sites (N-methyl/N-ethyl adjacent to an activating group) is 1. The quantitative estimate of drug-likeness (QED) is 0.550. The zero-order valence-corrected chi connectivity index (χ0v) is 20.9. The number of hydrogen-bond acceptors (Lipinski definition) is 5. The molecule has 1 aliphatic rings. The van der Waals surface area contributed by atoms with Crippen LogP contribution in [0.25, 0.3) is 0 Å². The van der Waals surface area contributed by atoms with E-state index in [4.69, 9.17) is 0 Å². The van der Waals surface area contributed by atoms with Crippen LogP contribution in [0.4, 0.5) is 5.69 Å². The van der Waals surface area contributed by atoms with Gasteiger partial charge in [-0.3, -0.25) is 24.1 Å². The third-order valence-electron chi connectivity index (χ3n) is 6.68. The standard InChI is InChI=1S/C27H34N6O2/c1-19-26(20(2)33(30-19)16-21-9-6-5-7-10-21)29-25(34)18-32-14-13-31(4)24(17-32)22-11-8-12-23(15-22)27(35)28-3/h5-12,15,24H,13-14,16-18H2,1-4H3,(H,28,35)(H,29,34)/t24-/m1/s1. The summed E-state index contributed by atoms with van der Waals surface area (Å²) in [4.78, 5) is 29.5. The van der Waals surface area contributed by atoms with Gasteiger partial charge in [0.05, 0.1) is 30.2 Å². The Labute approximate surface area is 206 Å². The van der Waals surface area contributed by atoms with Crippen molar-refractivity contribution in [3.8, 4) is 0 Å². The second-order valence-electron chi connectivity index (χ2n) is 9.17. The highest BCUT2D eigenvalue weighted by atomic mass is 16.2. The fourth-order valence-electron chi connectivity index (χ4n) is 4.64. The van der Waals surface area contributed by atoms with Gasteiger partial charge in [0.15, 0.2) is 0 Å². The topological polar surface area (TPSA) is 82.5 Å². The summed E-state index contributed by atoms with van der Waals surface area (Å²) in [5.41, 5.74) is 5.44. The molecule has 2 heterocycles. The van der Waals surface area contributed by atoms with Gasteiger partial charge in [-0.25, -0.2) is 0 Å². The van der Waals surface area contributed by atoms with Crippen molar-refractivity contribution < 1.29 is 9.59 Å². The Hall–Kier alpha value is -3.49. The largest absolute Gasteiger partial charge is 0.355 e. The van der Waals surface area contributed by atoms with Crippen LogP contribution in [0.1, 0.15) is 38.9 Å². The zero-order valence-electron chi connectivity index (χ0n) is 20.9. The monoisotopic (exact) mass is 474 g/mol. The fourth-order valence-corrected chi connectivity index (χ4v) is 4.64. The van der Waals surface area contributed by atoms with E-state index in [2.05, 4.69) is 44.7 Å². The molecule has 3 aromatic rings. The van der Waals surface area contributed by atoms with E-state index in [1.165, 1.54) is 5.56 Å². The molecule has 8 nitrogen and oxygen atoms in total. The van der Waals surface area contributed by atoms with Crippen molar-refractivity contribution in [3.05, 3.63) is 82.7 Å². The number of aryl methyl sites for hydroxylation is 1. The SMILES string of the molecule is CNC(=O)c1cccc([C@H]2CN(CC(=O)Nc3c(C)nn(Cc4ccccc4)c3C)CCN2C)c1. The molecule has 1 saturated heterocycles. The normalized spacial score (nSPS) is 16.7. The molecule has 2 amide bonds. The maximum absolute atomic E-state index is 13.0. The Morgan fingerprint density at radius 3 is 2.57 bits per heavy atom. The number of carbonyl (C=O) groups excluding carboxylic acids is 2. The van der Waals surface area contributed by atoms with Gasteiger partial charge in [-0.05, 0) is 44.2 Å². The Morgan fingerprint density at radius 2 is 1.83 bits per heavy atom. The summed E-state index contributed by atoms with van der Waals surface area (Å²) in [5, 5.41) is 10.4. The predicted molar refractivity (Wildman–Crippen MR) is 138 cm³/mol. The average molecular weight is 475 g/mol. The first-order chi connectivity index (χ1) is 16.9. The molecule has 0 saturated carbocycles. The minimum Gasteiger partial charge on any atom is -0.355 e. The number of piperazine rings is 1. The Bertz CT molecular complexity index is 1190. The van der Waals surface area contributed by atoms with Crippen molar-refractivity contribution in [2.24, 2.45) is 0 Å². The molecule has 35 heavy (non-hydrogen) atoms. The van der Waals surface area contributed by atoms with Crippen molar-refractivity contribution in [1.29, 1.82) is 0 Å². The predicted octanol–water partition coefficient (Wildman–Crippen LogP) is 2.84. The van der Waals surface area contributed by atoms with Crippen LogP contribution in [0.3, 0.4) is 0 Å². The molecule has 4 rings (SSSR count). The van der Waals surface area contributed by atoms with Gasteiger partial charge in [0.1, 0.15) is 0 Å². The summed E-state index contributed by atoms with van der Waals surface area (Å²) in [7, 11) is 3.72. The van der Waals surface area contributed by atoms with Crippen molar-refractivity contribution in [1.82, 2.24) is 24.9 Å². The van der Waals surface area contributed by atoms with Crippen molar-refractivity contribution in [2.45, 2.75) is 26.4 Å². The summed E-state index contributed by atoms with van der Waals surface area (Å²) < 4.78 is 1.94.